The molecule has 0 saturated heterocycles. The van der Waals surface area contributed by atoms with Gasteiger partial charge in [-0.3, -0.25) is 4.99 Å². The Morgan fingerprint density at radius 3 is 3.15 bits per heavy atom. The lowest BCUT2D eigenvalue weighted by Crippen LogP contribution is -2.33. The van der Waals surface area contributed by atoms with Gasteiger partial charge in [0, 0.05) is 12.1 Å². The molecule has 4 heteroatoms. The Balaban J connectivity index is 2.30. The molecule has 1 aliphatic heterocycles. The first kappa shape index (κ1) is 8.53. The van der Waals surface area contributed by atoms with Crippen LogP contribution in [0.4, 0.5) is 4.39 Å². The average molecular weight is 182 g/mol. The summed E-state index contributed by atoms with van der Waals surface area (Å²) in [5, 5.41) is 2.98. The van der Waals surface area contributed by atoms with Crippen molar-refractivity contribution in [1.82, 2.24) is 0 Å². The molecule has 2 aliphatic rings. The van der Waals surface area contributed by atoms with Crippen LogP contribution in [0.15, 0.2) is 21.8 Å². The summed E-state index contributed by atoms with van der Waals surface area (Å²) in [4.78, 5) is 14.6. The van der Waals surface area contributed by atoms with Crippen LogP contribution in [0.2, 0.25) is 0 Å². The van der Waals surface area contributed by atoms with Crippen molar-refractivity contribution in [3.05, 3.63) is 16.6 Å². The molecule has 1 saturated carbocycles. The van der Waals surface area contributed by atoms with Gasteiger partial charge in [-0.05, 0) is 19.3 Å². The van der Waals surface area contributed by atoms with E-state index < -0.39 is 12.2 Å². The van der Waals surface area contributed by atoms with E-state index in [0.717, 1.165) is 6.42 Å². The van der Waals surface area contributed by atoms with Crippen LogP contribution >= 0.6 is 0 Å². The lowest BCUT2D eigenvalue weighted by Gasteiger charge is -2.26. The van der Waals surface area contributed by atoms with Crippen molar-refractivity contribution >= 4 is 5.71 Å². The molecule has 0 radical (unpaired) electrons. The van der Waals surface area contributed by atoms with E-state index in [-0.39, 0.29) is 0 Å². The van der Waals surface area contributed by atoms with Gasteiger partial charge in [0.05, 0.1) is 5.71 Å². The van der Waals surface area contributed by atoms with Gasteiger partial charge in [-0.25, -0.2) is 4.39 Å². The molecule has 3 nitrogen and oxygen atoms in total. The number of fused-ring (bicyclic) bond motifs is 1. The van der Waals surface area contributed by atoms with Crippen LogP contribution < -0.4 is 0 Å². The molecule has 1 heterocycles. The van der Waals surface area contributed by atoms with Gasteiger partial charge in [0.15, 0.2) is 0 Å². The summed E-state index contributed by atoms with van der Waals surface area (Å²) in [6.07, 6.45) is 2.61. The van der Waals surface area contributed by atoms with Gasteiger partial charge in [0.1, 0.15) is 12.2 Å². The fourth-order valence-electron chi connectivity index (χ4n) is 1.89. The molecule has 0 aromatic rings. The normalized spacial score (nSPS) is 33.0. The minimum Gasteiger partial charge on any atom is -0.287 e. The zero-order valence-electron chi connectivity index (χ0n) is 7.24. The maximum absolute atomic E-state index is 13.3. The fraction of sp³-hybridized carbons (Fsp3) is 0.667. The van der Waals surface area contributed by atoms with Gasteiger partial charge >= 0.3 is 0 Å². The number of hydrogen-bond acceptors (Lipinski definition) is 3. The molecule has 0 bridgehead atoms. The van der Waals surface area contributed by atoms with Crippen LogP contribution in [0.5, 0.6) is 0 Å². The minimum atomic E-state index is -0.933. The van der Waals surface area contributed by atoms with Gasteiger partial charge < -0.3 is 0 Å². The molecule has 0 aromatic heterocycles. The maximum atomic E-state index is 13.3. The van der Waals surface area contributed by atoms with Crippen molar-refractivity contribution < 1.29 is 4.39 Å². The van der Waals surface area contributed by atoms with E-state index in [1.165, 1.54) is 0 Å². The molecule has 2 atom stereocenters. The second-order valence-corrected chi connectivity index (χ2v) is 3.38. The molecule has 70 valence electrons. The summed E-state index contributed by atoms with van der Waals surface area (Å²) in [5.41, 5.74) is 1.21. The van der Waals surface area contributed by atoms with Gasteiger partial charge in [-0.1, -0.05) is 11.3 Å². The van der Waals surface area contributed by atoms with Gasteiger partial charge in [-0.15, -0.1) is 0 Å². The third-order valence-corrected chi connectivity index (χ3v) is 2.55. The summed E-state index contributed by atoms with van der Waals surface area (Å²) < 4.78 is 13.3. The zero-order chi connectivity index (χ0) is 9.26. The van der Waals surface area contributed by atoms with E-state index in [0.29, 0.717) is 30.7 Å². The minimum absolute atomic E-state index is 0.404. The third kappa shape index (κ3) is 1.41. The predicted octanol–water partition coefficient (Wildman–Crippen LogP) is 2.02. The standard InChI is InChI=1S/C9H11FN2O/c10-7-3-4-8(12-13)9-6(7)2-1-5-11-9/h2,7-8H,1,3-5H2/t7-,8?/m0/s1. The molecular weight excluding hydrogens is 171 g/mol. The highest BCUT2D eigenvalue weighted by molar-refractivity contribution is 6.06. The maximum Gasteiger partial charge on any atom is 0.134 e. The SMILES string of the molecule is O=NC1CC[C@H](F)C2=CCCN=C21. The molecule has 1 unspecified atom stereocenters. The number of halogens is 1. The number of hydrogen-bond donors (Lipinski definition) is 0. The molecule has 13 heavy (non-hydrogen) atoms. The second-order valence-electron chi connectivity index (χ2n) is 3.38. The van der Waals surface area contributed by atoms with Crippen molar-refractivity contribution in [3.8, 4) is 0 Å². The molecule has 0 spiro atoms. The van der Waals surface area contributed by atoms with Crippen LogP contribution in [0.3, 0.4) is 0 Å². The summed E-state index contributed by atoms with van der Waals surface area (Å²) in [6.45, 7) is 0.664. The Morgan fingerprint density at radius 1 is 1.54 bits per heavy atom. The number of rotatable bonds is 1. The lowest BCUT2D eigenvalue weighted by atomic mass is 9.85. The van der Waals surface area contributed by atoms with Crippen LogP contribution in [-0.2, 0) is 0 Å². The first-order valence-electron chi connectivity index (χ1n) is 4.54. The first-order chi connectivity index (χ1) is 6.33. The molecule has 1 aliphatic carbocycles. The Labute approximate surface area is 75.7 Å². The van der Waals surface area contributed by atoms with Crippen LogP contribution in [0, 0.1) is 4.91 Å². The molecule has 1 fully saturated rings. The van der Waals surface area contributed by atoms with E-state index in [1.54, 1.807) is 0 Å². The van der Waals surface area contributed by atoms with Crippen molar-refractivity contribution in [3.63, 3.8) is 0 Å². The Bertz CT molecular complexity index is 285. The van der Waals surface area contributed by atoms with Crippen molar-refractivity contribution in [2.24, 2.45) is 10.2 Å². The lowest BCUT2D eigenvalue weighted by molar-refractivity contribution is 0.344. The van der Waals surface area contributed by atoms with Gasteiger partial charge in [0.2, 0.25) is 0 Å². The third-order valence-electron chi connectivity index (χ3n) is 2.55. The van der Waals surface area contributed by atoms with E-state index in [1.807, 2.05) is 6.08 Å². The zero-order valence-corrected chi connectivity index (χ0v) is 7.24. The highest BCUT2D eigenvalue weighted by Gasteiger charge is 2.32. The second kappa shape index (κ2) is 3.36. The van der Waals surface area contributed by atoms with Gasteiger partial charge in [-0.2, -0.15) is 4.91 Å². The average Bonchev–Trinajstić information content (AvgIpc) is 2.19. The predicted molar refractivity (Wildman–Crippen MR) is 48.7 cm³/mol. The largest absolute Gasteiger partial charge is 0.287 e. The molecule has 0 N–H and O–H groups in total. The number of alkyl halides is 1. The molecule has 0 amide bonds. The Hall–Kier alpha value is -1.06. The van der Waals surface area contributed by atoms with Crippen molar-refractivity contribution in [1.29, 1.82) is 0 Å². The highest BCUT2D eigenvalue weighted by Crippen LogP contribution is 2.28. The smallest absolute Gasteiger partial charge is 0.134 e. The molecule has 2 rings (SSSR count). The van der Waals surface area contributed by atoms with E-state index >= 15 is 0 Å². The fourth-order valence-corrected chi connectivity index (χ4v) is 1.89. The van der Waals surface area contributed by atoms with Crippen LogP contribution in [-0.4, -0.2) is 24.5 Å². The number of nitrogens with zero attached hydrogens (tertiary/aromatic N) is 2. The number of nitroso groups, excluding NO2 is 1. The topological polar surface area (TPSA) is 41.8 Å². The monoisotopic (exact) mass is 182 g/mol. The summed E-state index contributed by atoms with van der Waals surface area (Å²) in [5.74, 6) is 0. The quantitative estimate of drug-likeness (QED) is 0.572. The van der Waals surface area contributed by atoms with Gasteiger partial charge in [0.25, 0.3) is 0 Å². The molecular formula is C9H11FN2O. The Morgan fingerprint density at radius 2 is 2.38 bits per heavy atom. The summed E-state index contributed by atoms with van der Waals surface area (Å²) in [7, 11) is 0. The van der Waals surface area contributed by atoms with Crippen molar-refractivity contribution in [2.45, 2.75) is 31.5 Å². The van der Waals surface area contributed by atoms with E-state index in [9.17, 15) is 9.30 Å². The van der Waals surface area contributed by atoms with Crippen molar-refractivity contribution in [2.75, 3.05) is 6.54 Å². The summed E-state index contributed by atoms with van der Waals surface area (Å²) >= 11 is 0. The van der Waals surface area contributed by atoms with E-state index in [4.69, 9.17) is 0 Å². The Kier molecular flexibility index (Phi) is 2.20. The summed E-state index contributed by atoms with van der Waals surface area (Å²) in [6, 6.07) is -0.404. The number of dihydropyridines is 1. The van der Waals surface area contributed by atoms with Crippen LogP contribution in [0.25, 0.3) is 0 Å². The van der Waals surface area contributed by atoms with E-state index in [2.05, 4.69) is 10.2 Å². The first-order valence-corrected chi connectivity index (χ1v) is 4.54. The number of aliphatic imine (C=N–C) groups is 1. The molecule has 0 aromatic carbocycles. The highest BCUT2D eigenvalue weighted by atomic mass is 19.1. The van der Waals surface area contributed by atoms with Crippen LogP contribution in [0.1, 0.15) is 19.3 Å².